The third-order valence-electron chi connectivity index (χ3n) is 2.68. The molecule has 98 valence electrons. The fraction of sp³-hybridized carbons (Fsp3) is 0.364. The minimum absolute atomic E-state index is 0.176. The highest BCUT2D eigenvalue weighted by molar-refractivity contribution is 9.11. The van der Waals surface area contributed by atoms with Crippen LogP contribution in [0.25, 0.3) is 0 Å². The van der Waals surface area contributed by atoms with Gasteiger partial charge in [-0.15, -0.1) is 0 Å². The van der Waals surface area contributed by atoms with Crippen LogP contribution in [-0.2, 0) is 4.79 Å². The van der Waals surface area contributed by atoms with E-state index in [9.17, 15) is 9.59 Å². The average molecular weight is 380 g/mol. The molecule has 1 rings (SSSR count). The highest BCUT2D eigenvalue weighted by atomic mass is 79.9. The summed E-state index contributed by atoms with van der Waals surface area (Å²) in [7, 11) is 1.44. The molecule has 0 atom stereocenters. The number of nitrogens with zero attached hydrogens (tertiary/aromatic N) is 2. The number of likely N-dealkylation sites (N-methyl/N-ethyl adjacent to an activating group) is 1. The van der Waals surface area contributed by atoms with Crippen molar-refractivity contribution in [1.29, 1.82) is 0 Å². The number of hydrogen-bond donors (Lipinski definition) is 1. The number of carboxylic acids is 1. The Hall–Kier alpha value is -0.950. The molecular formula is C11H12Br2N2O3. The van der Waals surface area contributed by atoms with Crippen molar-refractivity contribution >= 4 is 43.7 Å². The van der Waals surface area contributed by atoms with Crippen molar-refractivity contribution in [3.63, 3.8) is 0 Å². The quantitative estimate of drug-likeness (QED) is 0.875. The summed E-state index contributed by atoms with van der Waals surface area (Å²) < 4.78 is 1.24. The van der Waals surface area contributed by atoms with E-state index in [1.54, 1.807) is 6.07 Å². The molecule has 0 aliphatic carbocycles. The lowest BCUT2D eigenvalue weighted by Gasteiger charge is -2.31. The molecule has 1 N–H and O–H groups in total. The maximum absolute atomic E-state index is 12.2. The number of hydrogen-bond acceptors (Lipinski definition) is 3. The van der Waals surface area contributed by atoms with Crippen molar-refractivity contribution in [2.45, 2.75) is 19.4 Å². The monoisotopic (exact) mass is 378 g/mol. The van der Waals surface area contributed by atoms with Crippen LogP contribution in [0.5, 0.6) is 0 Å². The van der Waals surface area contributed by atoms with E-state index in [0.717, 1.165) is 9.37 Å². The van der Waals surface area contributed by atoms with Gasteiger partial charge in [0.1, 0.15) is 11.2 Å². The molecular weight excluding hydrogens is 368 g/mol. The molecule has 0 aromatic carbocycles. The van der Waals surface area contributed by atoms with E-state index in [1.165, 1.54) is 27.1 Å². The predicted molar refractivity (Wildman–Crippen MR) is 73.4 cm³/mol. The van der Waals surface area contributed by atoms with Gasteiger partial charge in [-0.1, -0.05) is 0 Å². The maximum atomic E-state index is 12.2. The summed E-state index contributed by atoms with van der Waals surface area (Å²) in [6.07, 6.45) is 1.49. The summed E-state index contributed by atoms with van der Waals surface area (Å²) in [5.41, 5.74) is -1.12. The van der Waals surface area contributed by atoms with E-state index in [2.05, 4.69) is 36.8 Å². The van der Waals surface area contributed by atoms with E-state index in [1.807, 2.05) is 0 Å². The summed E-state index contributed by atoms with van der Waals surface area (Å²) in [6.45, 7) is 2.92. The summed E-state index contributed by atoms with van der Waals surface area (Å²) >= 11 is 6.47. The standard InChI is InChI=1S/C11H12Br2N2O3/c1-11(2,10(17)18)15(3)9(16)8-7(13)4-6(12)5-14-8/h4-5H,1-3H3,(H,17,18). The molecule has 0 aliphatic rings. The number of carboxylic acid groups (broad SMARTS) is 1. The second-order valence-electron chi connectivity index (χ2n) is 4.21. The van der Waals surface area contributed by atoms with Crippen LogP contribution in [0.15, 0.2) is 21.2 Å². The van der Waals surface area contributed by atoms with Crippen molar-refractivity contribution in [2.75, 3.05) is 7.05 Å². The van der Waals surface area contributed by atoms with Gasteiger partial charge < -0.3 is 10.0 Å². The topological polar surface area (TPSA) is 70.5 Å². The van der Waals surface area contributed by atoms with Crippen LogP contribution in [0.4, 0.5) is 0 Å². The zero-order valence-electron chi connectivity index (χ0n) is 10.1. The molecule has 0 saturated heterocycles. The van der Waals surface area contributed by atoms with E-state index in [0.29, 0.717) is 4.47 Å². The van der Waals surface area contributed by atoms with Crippen LogP contribution in [-0.4, -0.2) is 39.5 Å². The molecule has 7 heteroatoms. The number of pyridine rings is 1. The second-order valence-corrected chi connectivity index (χ2v) is 5.98. The minimum atomic E-state index is -1.30. The van der Waals surface area contributed by atoms with Crippen molar-refractivity contribution in [2.24, 2.45) is 0 Å². The lowest BCUT2D eigenvalue weighted by molar-refractivity contribution is -0.147. The maximum Gasteiger partial charge on any atom is 0.329 e. The van der Waals surface area contributed by atoms with E-state index >= 15 is 0 Å². The van der Waals surface area contributed by atoms with Crippen molar-refractivity contribution in [1.82, 2.24) is 9.88 Å². The van der Waals surface area contributed by atoms with E-state index in [4.69, 9.17) is 5.11 Å². The highest BCUT2D eigenvalue weighted by Gasteiger charge is 2.36. The summed E-state index contributed by atoms with van der Waals surface area (Å²) in [5.74, 6) is -1.53. The molecule has 5 nitrogen and oxygen atoms in total. The van der Waals surface area contributed by atoms with Gasteiger partial charge in [0.25, 0.3) is 5.91 Å². The zero-order valence-corrected chi connectivity index (χ0v) is 13.2. The summed E-state index contributed by atoms with van der Waals surface area (Å²) in [6, 6.07) is 1.68. The molecule has 0 saturated carbocycles. The SMILES string of the molecule is CN(C(=O)c1ncc(Br)cc1Br)C(C)(C)C(=O)O. The van der Waals surface area contributed by atoms with Crippen LogP contribution in [0, 0.1) is 0 Å². The molecule has 0 unspecified atom stereocenters. The molecule has 1 aromatic rings. The van der Waals surface area contributed by atoms with Crippen LogP contribution < -0.4 is 0 Å². The van der Waals surface area contributed by atoms with Crippen LogP contribution >= 0.6 is 31.9 Å². The van der Waals surface area contributed by atoms with Gasteiger partial charge >= 0.3 is 5.97 Å². The normalized spacial score (nSPS) is 11.2. The Morgan fingerprint density at radius 3 is 2.39 bits per heavy atom. The molecule has 0 radical (unpaired) electrons. The Bertz CT molecular complexity index is 503. The van der Waals surface area contributed by atoms with E-state index in [-0.39, 0.29) is 5.69 Å². The molecule has 0 fully saturated rings. The average Bonchev–Trinajstić information content (AvgIpc) is 2.26. The first-order valence-corrected chi connectivity index (χ1v) is 6.59. The van der Waals surface area contributed by atoms with Crippen LogP contribution in [0.2, 0.25) is 0 Å². The van der Waals surface area contributed by atoms with Gasteiger partial charge in [-0.2, -0.15) is 0 Å². The first-order chi connectivity index (χ1) is 8.17. The Kier molecular flexibility index (Phi) is 4.50. The van der Waals surface area contributed by atoms with Crippen LogP contribution in [0.1, 0.15) is 24.3 Å². The Morgan fingerprint density at radius 2 is 1.94 bits per heavy atom. The number of carbonyl (C=O) groups is 2. The van der Waals surface area contributed by atoms with Gasteiger partial charge in [0.15, 0.2) is 0 Å². The Balaban J connectivity index is 3.11. The third kappa shape index (κ3) is 2.89. The van der Waals surface area contributed by atoms with E-state index < -0.39 is 17.4 Å². The Morgan fingerprint density at radius 1 is 1.39 bits per heavy atom. The van der Waals surface area contributed by atoms with Gasteiger partial charge in [-0.25, -0.2) is 9.78 Å². The lowest BCUT2D eigenvalue weighted by Crippen LogP contribution is -2.51. The fourth-order valence-corrected chi connectivity index (χ4v) is 2.29. The molecule has 1 heterocycles. The lowest BCUT2D eigenvalue weighted by atomic mass is 10.0. The Labute approximate surface area is 121 Å². The number of rotatable bonds is 3. The number of aliphatic carboxylic acids is 1. The second kappa shape index (κ2) is 5.36. The van der Waals surface area contributed by atoms with Gasteiger partial charge in [-0.3, -0.25) is 4.79 Å². The summed E-state index contributed by atoms with van der Waals surface area (Å²) in [4.78, 5) is 28.4. The van der Waals surface area contributed by atoms with Crippen molar-refractivity contribution < 1.29 is 14.7 Å². The largest absolute Gasteiger partial charge is 0.480 e. The number of carbonyl (C=O) groups excluding carboxylic acids is 1. The third-order valence-corrected chi connectivity index (χ3v) is 3.72. The van der Waals surface area contributed by atoms with Crippen LogP contribution in [0.3, 0.4) is 0 Å². The minimum Gasteiger partial charge on any atom is -0.480 e. The first kappa shape index (κ1) is 15.1. The molecule has 0 aliphatic heterocycles. The summed E-state index contributed by atoms with van der Waals surface area (Å²) in [5, 5.41) is 9.09. The molecule has 18 heavy (non-hydrogen) atoms. The van der Waals surface area contributed by atoms with Crippen molar-refractivity contribution in [3.8, 4) is 0 Å². The first-order valence-electron chi connectivity index (χ1n) is 5.00. The fourth-order valence-electron chi connectivity index (χ4n) is 1.13. The van der Waals surface area contributed by atoms with Gasteiger partial charge in [0, 0.05) is 17.7 Å². The zero-order chi connectivity index (χ0) is 14.1. The number of amides is 1. The molecule has 0 spiro atoms. The predicted octanol–water partition coefficient (Wildman–Crippen LogP) is 2.54. The smallest absolute Gasteiger partial charge is 0.329 e. The van der Waals surface area contributed by atoms with Gasteiger partial charge in [-0.05, 0) is 51.8 Å². The molecule has 1 aromatic heterocycles. The molecule has 1 amide bonds. The number of halogens is 2. The molecule has 0 bridgehead atoms. The van der Waals surface area contributed by atoms with Gasteiger partial charge in [0.2, 0.25) is 0 Å². The van der Waals surface area contributed by atoms with Gasteiger partial charge in [0.05, 0.1) is 4.47 Å². The highest BCUT2D eigenvalue weighted by Crippen LogP contribution is 2.23. The van der Waals surface area contributed by atoms with Crippen molar-refractivity contribution in [3.05, 3.63) is 26.9 Å². The number of aromatic nitrogens is 1.